The number of hydrogen-bond donors (Lipinski definition) is 1. The Morgan fingerprint density at radius 2 is 2.29 bits per heavy atom. The molecule has 1 fully saturated rings. The largest absolute Gasteiger partial charge is 0.494 e. The van der Waals surface area contributed by atoms with Crippen LogP contribution in [0.5, 0.6) is 5.75 Å². The van der Waals surface area contributed by atoms with Gasteiger partial charge in [0.1, 0.15) is 6.33 Å². The summed E-state index contributed by atoms with van der Waals surface area (Å²) in [7, 11) is 1.40. The normalized spacial score (nSPS) is 21.3. The zero-order valence-electron chi connectivity index (χ0n) is 13.2. The number of amides is 2. The van der Waals surface area contributed by atoms with Crippen molar-refractivity contribution in [2.45, 2.75) is 31.3 Å². The Morgan fingerprint density at radius 3 is 3.08 bits per heavy atom. The summed E-state index contributed by atoms with van der Waals surface area (Å²) in [5.74, 6) is -0.354. The van der Waals surface area contributed by atoms with Gasteiger partial charge in [-0.2, -0.15) is 0 Å². The number of urea groups is 1. The molecule has 1 aromatic carbocycles. The molecule has 2 aliphatic heterocycles. The topological polar surface area (TPSA) is 67.3 Å². The third-order valence-electron chi connectivity index (χ3n) is 4.76. The van der Waals surface area contributed by atoms with Gasteiger partial charge in [-0.1, -0.05) is 0 Å². The number of rotatable bonds is 2. The van der Waals surface area contributed by atoms with Crippen molar-refractivity contribution in [2.24, 2.45) is 0 Å². The maximum Gasteiger partial charge on any atom is 0.322 e. The number of halogens is 1. The fourth-order valence-electron chi connectivity index (χ4n) is 3.67. The Labute approximate surface area is 138 Å². The van der Waals surface area contributed by atoms with E-state index in [0.29, 0.717) is 5.69 Å². The Balaban J connectivity index is 1.56. The van der Waals surface area contributed by atoms with Crippen LogP contribution in [-0.2, 0) is 6.42 Å². The number of aromatic nitrogens is 2. The molecule has 0 saturated carbocycles. The molecule has 2 amide bonds. The number of methoxy groups -OCH3 is 1. The van der Waals surface area contributed by atoms with Crippen LogP contribution in [0, 0.1) is 5.82 Å². The lowest BCUT2D eigenvalue weighted by molar-refractivity contribution is 0.178. The van der Waals surface area contributed by atoms with E-state index in [1.165, 1.54) is 19.2 Å². The molecule has 1 aromatic heterocycles. The van der Waals surface area contributed by atoms with Crippen molar-refractivity contribution >= 4 is 11.7 Å². The predicted molar refractivity (Wildman–Crippen MR) is 85.3 cm³/mol. The molecule has 1 N–H and O–H groups in total. The van der Waals surface area contributed by atoms with Crippen molar-refractivity contribution in [3.05, 3.63) is 47.8 Å². The van der Waals surface area contributed by atoms with Crippen molar-refractivity contribution in [3.63, 3.8) is 0 Å². The van der Waals surface area contributed by atoms with E-state index >= 15 is 0 Å². The number of benzene rings is 1. The predicted octanol–water partition coefficient (Wildman–Crippen LogP) is 2.92. The maximum atomic E-state index is 13.8. The lowest BCUT2D eigenvalue weighted by Gasteiger charge is -2.35. The zero-order chi connectivity index (χ0) is 16.7. The molecule has 0 radical (unpaired) electrons. The molecule has 7 heteroatoms. The van der Waals surface area contributed by atoms with Gasteiger partial charge in [0.05, 0.1) is 18.8 Å². The minimum absolute atomic E-state index is 0.0111. The summed E-state index contributed by atoms with van der Waals surface area (Å²) in [6, 6.07) is 4.28. The second-order valence-electron chi connectivity index (χ2n) is 6.06. The smallest absolute Gasteiger partial charge is 0.322 e. The lowest BCUT2D eigenvalue weighted by Crippen LogP contribution is -2.44. The molecule has 24 heavy (non-hydrogen) atoms. The van der Waals surface area contributed by atoms with Gasteiger partial charge in [-0.15, -0.1) is 0 Å². The molecule has 0 aliphatic carbocycles. The average molecular weight is 328 g/mol. The molecule has 0 unspecified atom stereocenters. The number of nitrogens with one attached hydrogen (secondary N) is 1. The Hall–Kier alpha value is -2.70. The summed E-state index contributed by atoms with van der Waals surface area (Å²) in [6.07, 6.45) is 5.91. The Morgan fingerprint density at radius 1 is 1.42 bits per heavy atom. The second-order valence-corrected chi connectivity index (χ2v) is 6.06. The highest BCUT2D eigenvalue weighted by Crippen LogP contribution is 2.42. The van der Waals surface area contributed by atoms with Gasteiger partial charge in [-0.25, -0.2) is 19.2 Å². The van der Waals surface area contributed by atoms with E-state index in [1.54, 1.807) is 18.6 Å². The van der Waals surface area contributed by atoms with Gasteiger partial charge in [0.25, 0.3) is 0 Å². The molecule has 2 aromatic rings. The van der Waals surface area contributed by atoms with Crippen molar-refractivity contribution in [1.82, 2.24) is 14.9 Å². The highest BCUT2D eigenvalue weighted by molar-refractivity contribution is 5.90. The zero-order valence-corrected chi connectivity index (χ0v) is 13.2. The Bertz CT molecular complexity index is 798. The van der Waals surface area contributed by atoms with Gasteiger partial charge in [0.15, 0.2) is 11.6 Å². The number of hydrogen-bond acceptors (Lipinski definition) is 4. The summed E-state index contributed by atoms with van der Waals surface area (Å²) in [6.45, 7) is 0. The molecule has 3 heterocycles. The van der Waals surface area contributed by atoms with E-state index in [9.17, 15) is 9.18 Å². The first-order valence-electron chi connectivity index (χ1n) is 7.89. The highest BCUT2D eigenvalue weighted by atomic mass is 19.1. The van der Waals surface area contributed by atoms with Crippen LogP contribution in [0.15, 0.2) is 30.7 Å². The van der Waals surface area contributed by atoms with Crippen LogP contribution in [0.3, 0.4) is 0 Å². The quantitative estimate of drug-likeness (QED) is 0.920. The van der Waals surface area contributed by atoms with Gasteiger partial charge >= 0.3 is 6.03 Å². The van der Waals surface area contributed by atoms with Gasteiger partial charge < -0.3 is 15.0 Å². The van der Waals surface area contributed by atoms with Gasteiger partial charge in [0, 0.05) is 36.0 Å². The standard InChI is InChI=1S/C17H17FN4O2/c1-24-16-5-2-10(6-13(16)18)21-17(23)22-11-3-4-15(22)12-8-19-9-20-14(12)7-11/h2,5-6,8-9,11,15H,3-4,7H2,1H3,(H,21,23)/t11-,15+/m0/s1. The molecule has 2 aliphatic rings. The van der Waals surface area contributed by atoms with E-state index in [4.69, 9.17) is 4.74 Å². The van der Waals surface area contributed by atoms with Crippen LogP contribution in [0.1, 0.15) is 30.1 Å². The third-order valence-corrected chi connectivity index (χ3v) is 4.76. The van der Waals surface area contributed by atoms with Crippen LogP contribution in [0.2, 0.25) is 0 Å². The molecular formula is C17H17FN4O2. The second kappa shape index (κ2) is 5.74. The van der Waals surface area contributed by atoms with E-state index in [-0.39, 0.29) is 23.9 Å². The van der Waals surface area contributed by atoms with Crippen LogP contribution in [-0.4, -0.2) is 34.1 Å². The minimum atomic E-state index is -0.504. The number of carbonyl (C=O) groups excluding carboxylic acids is 1. The van der Waals surface area contributed by atoms with Crippen LogP contribution in [0.25, 0.3) is 0 Å². The monoisotopic (exact) mass is 328 g/mol. The summed E-state index contributed by atoms with van der Waals surface area (Å²) in [4.78, 5) is 23.0. The van der Waals surface area contributed by atoms with Crippen LogP contribution in [0.4, 0.5) is 14.9 Å². The van der Waals surface area contributed by atoms with E-state index in [1.807, 2.05) is 4.90 Å². The molecular weight excluding hydrogens is 311 g/mol. The van der Waals surface area contributed by atoms with Crippen molar-refractivity contribution in [1.29, 1.82) is 0 Å². The first-order valence-corrected chi connectivity index (χ1v) is 7.89. The summed E-state index contributed by atoms with van der Waals surface area (Å²) < 4.78 is 18.7. The average Bonchev–Trinajstić information content (AvgIpc) is 2.90. The third kappa shape index (κ3) is 2.36. The first kappa shape index (κ1) is 14.9. The summed E-state index contributed by atoms with van der Waals surface area (Å²) in [5.41, 5.74) is 2.45. The molecule has 2 bridgehead atoms. The summed E-state index contributed by atoms with van der Waals surface area (Å²) >= 11 is 0. The van der Waals surface area contributed by atoms with Crippen LogP contribution >= 0.6 is 0 Å². The van der Waals surface area contributed by atoms with E-state index in [0.717, 1.165) is 30.5 Å². The fraction of sp³-hybridized carbons (Fsp3) is 0.353. The number of anilines is 1. The molecule has 6 nitrogen and oxygen atoms in total. The molecule has 0 spiro atoms. The molecule has 1 saturated heterocycles. The molecule has 2 atom stereocenters. The van der Waals surface area contributed by atoms with Crippen molar-refractivity contribution in [3.8, 4) is 5.75 Å². The SMILES string of the molecule is COc1ccc(NC(=O)N2[C@H]3CC[C@@H]2c2cncnc2C3)cc1F. The van der Waals surface area contributed by atoms with Gasteiger partial charge in [-0.05, 0) is 25.0 Å². The van der Waals surface area contributed by atoms with Crippen molar-refractivity contribution in [2.75, 3.05) is 12.4 Å². The molecule has 124 valence electrons. The maximum absolute atomic E-state index is 13.8. The van der Waals surface area contributed by atoms with Gasteiger partial charge in [0.2, 0.25) is 0 Å². The number of carbonyl (C=O) groups is 1. The number of nitrogens with zero attached hydrogens (tertiary/aromatic N) is 3. The van der Waals surface area contributed by atoms with E-state index < -0.39 is 5.82 Å². The summed E-state index contributed by atoms with van der Waals surface area (Å²) in [5, 5.41) is 2.79. The lowest BCUT2D eigenvalue weighted by atomic mass is 10.00. The van der Waals surface area contributed by atoms with Crippen LogP contribution < -0.4 is 10.1 Å². The minimum Gasteiger partial charge on any atom is -0.494 e. The number of ether oxygens (including phenoxy) is 1. The van der Waals surface area contributed by atoms with Gasteiger partial charge in [-0.3, -0.25) is 0 Å². The molecule has 4 rings (SSSR count). The van der Waals surface area contributed by atoms with Crippen molar-refractivity contribution < 1.29 is 13.9 Å². The highest BCUT2D eigenvalue weighted by Gasteiger charge is 2.43. The Kier molecular flexibility index (Phi) is 3.55. The first-order chi connectivity index (χ1) is 11.7. The number of fused-ring (bicyclic) bond motifs is 4. The van der Waals surface area contributed by atoms with E-state index in [2.05, 4.69) is 15.3 Å². The fourth-order valence-corrected chi connectivity index (χ4v) is 3.67.